The van der Waals surface area contributed by atoms with Crippen LogP contribution in [0.2, 0.25) is 0 Å². The van der Waals surface area contributed by atoms with Crippen LogP contribution >= 0.6 is 7.21 Å². The molecule has 0 aliphatic heterocycles. The first kappa shape index (κ1) is 10.2. The molecule has 1 N–H and O–H groups in total. The van der Waals surface area contributed by atoms with Gasteiger partial charge in [-0.2, -0.15) is 0 Å². The van der Waals surface area contributed by atoms with Crippen LogP contribution in [0.15, 0.2) is 4.74 Å². The van der Waals surface area contributed by atoms with Gasteiger partial charge in [0.1, 0.15) is 0 Å². The van der Waals surface area contributed by atoms with Crippen molar-refractivity contribution in [2.75, 3.05) is 20.8 Å². The zero-order valence-electron chi connectivity index (χ0n) is 7.89. The molecule has 0 radical (unpaired) electrons. The van der Waals surface area contributed by atoms with E-state index < -0.39 is 7.21 Å². The predicted octanol–water partition coefficient (Wildman–Crippen LogP) is 2.38. The van der Waals surface area contributed by atoms with E-state index >= 15 is 0 Å². The van der Waals surface area contributed by atoms with Crippen LogP contribution in [-0.4, -0.2) is 25.9 Å². The predicted molar refractivity (Wildman–Crippen MR) is 50.0 cm³/mol. The standard InChI is InChI=1S/C7H19N2P/c1-7(2,3)10(6,8-4)9-5/h8H,1-6H3. The van der Waals surface area contributed by atoms with Crippen LogP contribution in [0.1, 0.15) is 20.8 Å². The molecule has 0 amide bonds. The first-order valence-electron chi connectivity index (χ1n) is 3.54. The molecule has 0 bridgehead atoms. The summed E-state index contributed by atoms with van der Waals surface area (Å²) < 4.78 is 4.41. The Morgan fingerprint density at radius 3 is 1.70 bits per heavy atom. The highest BCUT2D eigenvalue weighted by Gasteiger charge is 2.26. The minimum atomic E-state index is -1.24. The molecule has 0 saturated heterocycles. The Morgan fingerprint density at radius 2 is 1.70 bits per heavy atom. The SMILES string of the molecule is CN=P(C)(NC)C(C)(C)C. The minimum absolute atomic E-state index is 0.288. The Kier molecular flexibility index (Phi) is 3.12. The number of nitrogens with zero attached hydrogens (tertiary/aromatic N) is 1. The second-order valence-corrected chi connectivity index (χ2v) is 7.66. The van der Waals surface area contributed by atoms with Gasteiger partial charge in [0, 0.05) is 19.4 Å². The summed E-state index contributed by atoms with van der Waals surface area (Å²) in [5.74, 6) is 0. The van der Waals surface area contributed by atoms with E-state index in [1.807, 2.05) is 14.1 Å². The molecule has 0 heterocycles. The van der Waals surface area contributed by atoms with Crippen molar-refractivity contribution in [3.05, 3.63) is 0 Å². The Bertz CT molecular complexity index is 155. The van der Waals surface area contributed by atoms with Crippen molar-refractivity contribution in [2.24, 2.45) is 4.74 Å². The molecule has 10 heavy (non-hydrogen) atoms. The van der Waals surface area contributed by atoms with Gasteiger partial charge in [0.05, 0.1) is 0 Å². The zero-order chi connectivity index (χ0) is 8.41. The maximum absolute atomic E-state index is 4.41. The van der Waals surface area contributed by atoms with Crippen molar-refractivity contribution in [2.45, 2.75) is 25.9 Å². The maximum atomic E-state index is 4.41. The second-order valence-electron chi connectivity index (χ2n) is 3.55. The fraction of sp³-hybridized carbons (Fsp3) is 1.00. The molecule has 0 rings (SSSR count). The first-order chi connectivity index (χ1) is 4.37. The monoisotopic (exact) mass is 162 g/mol. The van der Waals surface area contributed by atoms with Gasteiger partial charge >= 0.3 is 0 Å². The first-order valence-corrected chi connectivity index (χ1v) is 5.73. The van der Waals surface area contributed by atoms with Crippen molar-refractivity contribution in [1.82, 2.24) is 5.09 Å². The summed E-state index contributed by atoms with van der Waals surface area (Å²) in [4.78, 5) is 0. The van der Waals surface area contributed by atoms with Crippen LogP contribution in [0.4, 0.5) is 0 Å². The van der Waals surface area contributed by atoms with Crippen molar-refractivity contribution < 1.29 is 0 Å². The molecule has 0 aromatic carbocycles. The van der Waals surface area contributed by atoms with E-state index in [1.54, 1.807) is 0 Å². The van der Waals surface area contributed by atoms with Crippen molar-refractivity contribution >= 4 is 7.21 Å². The van der Waals surface area contributed by atoms with Crippen molar-refractivity contribution in [3.8, 4) is 0 Å². The second kappa shape index (κ2) is 3.06. The lowest BCUT2D eigenvalue weighted by molar-refractivity contribution is 0.765. The largest absolute Gasteiger partial charge is 0.291 e. The summed E-state index contributed by atoms with van der Waals surface area (Å²) in [6.45, 7) is 8.89. The van der Waals surface area contributed by atoms with Gasteiger partial charge in [0.25, 0.3) is 0 Å². The summed E-state index contributed by atoms with van der Waals surface area (Å²) in [7, 11) is 2.65. The van der Waals surface area contributed by atoms with Gasteiger partial charge in [-0.3, -0.25) is 9.83 Å². The Hall–Kier alpha value is 0.190. The molecule has 62 valence electrons. The molecule has 0 aliphatic rings. The smallest absolute Gasteiger partial charge is 0.0313 e. The van der Waals surface area contributed by atoms with E-state index in [-0.39, 0.29) is 5.16 Å². The number of hydrogen-bond donors (Lipinski definition) is 1. The van der Waals surface area contributed by atoms with Crippen molar-refractivity contribution in [1.29, 1.82) is 0 Å². The lowest BCUT2D eigenvalue weighted by Gasteiger charge is -2.32. The Morgan fingerprint density at radius 1 is 1.30 bits per heavy atom. The summed E-state index contributed by atoms with van der Waals surface area (Å²) >= 11 is 0. The number of nitrogens with one attached hydrogen (secondary N) is 1. The van der Waals surface area contributed by atoms with Crippen LogP contribution in [0.3, 0.4) is 0 Å². The van der Waals surface area contributed by atoms with E-state index in [2.05, 4.69) is 37.3 Å². The third-order valence-electron chi connectivity index (χ3n) is 2.14. The summed E-state index contributed by atoms with van der Waals surface area (Å²) in [5.41, 5.74) is 0. The molecule has 1 unspecified atom stereocenters. The molecule has 1 atom stereocenters. The van der Waals surface area contributed by atoms with E-state index in [9.17, 15) is 0 Å². The number of hydrogen-bond acceptors (Lipinski definition) is 1. The van der Waals surface area contributed by atoms with Crippen LogP contribution in [0.25, 0.3) is 0 Å². The molecule has 2 nitrogen and oxygen atoms in total. The topological polar surface area (TPSA) is 24.4 Å². The Balaban J connectivity index is 4.70. The van der Waals surface area contributed by atoms with Gasteiger partial charge in [0.15, 0.2) is 0 Å². The molecule has 3 heteroatoms. The Labute approximate surface area is 64.5 Å². The van der Waals surface area contributed by atoms with Crippen LogP contribution in [0, 0.1) is 0 Å². The van der Waals surface area contributed by atoms with Crippen molar-refractivity contribution in [3.63, 3.8) is 0 Å². The molecule has 0 aromatic heterocycles. The van der Waals surface area contributed by atoms with Gasteiger partial charge in [-0.1, -0.05) is 20.8 Å². The lowest BCUT2D eigenvalue weighted by Crippen LogP contribution is -2.22. The van der Waals surface area contributed by atoms with Gasteiger partial charge in [-0.25, -0.2) is 0 Å². The molecule has 0 fully saturated rings. The highest BCUT2D eigenvalue weighted by atomic mass is 31.2. The highest BCUT2D eigenvalue weighted by Crippen LogP contribution is 2.52. The average molecular weight is 162 g/mol. The van der Waals surface area contributed by atoms with E-state index in [1.165, 1.54) is 0 Å². The summed E-state index contributed by atoms with van der Waals surface area (Å²) in [6.07, 6.45) is 0. The van der Waals surface area contributed by atoms with E-state index in [0.29, 0.717) is 0 Å². The molecule has 0 spiro atoms. The third-order valence-corrected chi connectivity index (χ3v) is 6.42. The molecule has 0 aliphatic carbocycles. The van der Waals surface area contributed by atoms with Gasteiger partial charge in [-0.05, 0) is 13.7 Å². The summed E-state index contributed by atoms with van der Waals surface area (Å²) in [5, 5.41) is 3.60. The average Bonchev–Trinajstić information content (AvgIpc) is 1.84. The number of rotatable bonds is 1. The highest BCUT2D eigenvalue weighted by molar-refractivity contribution is 7.65. The third kappa shape index (κ3) is 1.83. The molecule has 0 aromatic rings. The van der Waals surface area contributed by atoms with Gasteiger partial charge in [-0.15, -0.1) is 0 Å². The van der Waals surface area contributed by atoms with Gasteiger partial charge in [0.2, 0.25) is 0 Å². The van der Waals surface area contributed by atoms with Crippen LogP contribution < -0.4 is 5.09 Å². The van der Waals surface area contributed by atoms with Gasteiger partial charge < -0.3 is 0 Å². The normalized spacial score (nSPS) is 18.2. The summed E-state index contributed by atoms with van der Waals surface area (Å²) in [6, 6.07) is 0. The fourth-order valence-corrected chi connectivity index (χ4v) is 2.21. The van der Waals surface area contributed by atoms with Crippen LogP contribution in [0.5, 0.6) is 0 Å². The van der Waals surface area contributed by atoms with E-state index in [0.717, 1.165) is 0 Å². The fourth-order valence-electron chi connectivity index (χ4n) is 0.735. The maximum Gasteiger partial charge on any atom is 0.0313 e. The van der Waals surface area contributed by atoms with E-state index in [4.69, 9.17) is 0 Å². The van der Waals surface area contributed by atoms with Crippen LogP contribution in [-0.2, 0) is 0 Å². The molecular weight excluding hydrogens is 143 g/mol. The minimum Gasteiger partial charge on any atom is -0.291 e. The molecule has 0 saturated carbocycles. The zero-order valence-corrected chi connectivity index (χ0v) is 8.79. The quantitative estimate of drug-likeness (QED) is 0.588. The lowest BCUT2D eigenvalue weighted by atomic mass is 10.3. The molecular formula is C7H19N2P.